The van der Waals surface area contributed by atoms with Crippen molar-refractivity contribution in [2.24, 2.45) is 0 Å². The molecule has 0 saturated heterocycles. The number of anilines is 1. The molecule has 18 heavy (non-hydrogen) atoms. The number of hydrogen-bond donors (Lipinski definition) is 2. The lowest BCUT2D eigenvalue weighted by Crippen LogP contribution is -2.35. The number of carbonyl (C=O) groups excluding carboxylic acids is 1. The molecule has 1 amide bonds. The Labute approximate surface area is 106 Å². The highest BCUT2D eigenvalue weighted by atomic mass is 32.2. The minimum Gasteiger partial charge on any atom is -0.399 e. The van der Waals surface area contributed by atoms with E-state index in [0.717, 1.165) is 11.0 Å². The summed E-state index contributed by atoms with van der Waals surface area (Å²) < 4.78 is 22.4. The summed E-state index contributed by atoms with van der Waals surface area (Å²) in [5, 5.41) is 3.77. The van der Waals surface area contributed by atoms with E-state index < -0.39 is 15.9 Å². The van der Waals surface area contributed by atoms with Crippen molar-refractivity contribution in [1.29, 1.82) is 0 Å². The molecule has 2 rings (SSSR count). The van der Waals surface area contributed by atoms with Crippen LogP contribution in [0.2, 0.25) is 0 Å². The Hall–Kier alpha value is -1.82. The molecule has 3 N–H and O–H groups in total. The molecule has 0 spiro atoms. The van der Waals surface area contributed by atoms with Crippen LogP contribution in [0.25, 0.3) is 0 Å². The second-order valence-electron chi connectivity index (χ2n) is 4.37. The van der Waals surface area contributed by atoms with Gasteiger partial charge < -0.3 is 11.1 Å². The number of nitrogen functional groups attached to an aromatic ring is 1. The standard InChI is InChI=1S/C12H14N2O3S/c1-8-4-9(6-10(13)5-8)12(15)14-11-2-3-18(16,17)7-11/h2-6,11H,7,13H2,1H3,(H,14,15). The zero-order chi connectivity index (χ0) is 13.3. The van der Waals surface area contributed by atoms with Crippen molar-refractivity contribution in [3.63, 3.8) is 0 Å². The summed E-state index contributed by atoms with van der Waals surface area (Å²) in [6.45, 7) is 1.84. The number of nitrogens with two attached hydrogens (primary N) is 1. The first-order chi connectivity index (χ1) is 8.35. The van der Waals surface area contributed by atoms with Crippen molar-refractivity contribution in [3.05, 3.63) is 40.8 Å². The van der Waals surface area contributed by atoms with Crippen LogP contribution in [0.5, 0.6) is 0 Å². The number of rotatable bonds is 2. The monoisotopic (exact) mass is 266 g/mol. The lowest BCUT2D eigenvalue weighted by atomic mass is 10.1. The van der Waals surface area contributed by atoms with E-state index in [1.165, 1.54) is 6.08 Å². The Morgan fingerprint density at radius 3 is 2.67 bits per heavy atom. The number of benzene rings is 1. The van der Waals surface area contributed by atoms with E-state index in [4.69, 9.17) is 5.73 Å². The summed E-state index contributed by atoms with van der Waals surface area (Å²) in [7, 11) is -3.16. The molecule has 0 bridgehead atoms. The van der Waals surface area contributed by atoms with Gasteiger partial charge in [0.1, 0.15) is 0 Å². The average Bonchev–Trinajstić information content (AvgIpc) is 2.56. The van der Waals surface area contributed by atoms with Crippen LogP contribution in [-0.2, 0) is 9.84 Å². The molecule has 1 aliphatic rings. The van der Waals surface area contributed by atoms with Gasteiger partial charge in [0.15, 0.2) is 9.84 Å². The SMILES string of the molecule is Cc1cc(N)cc(C(=O)NC2C=CS(=O)(=O)C2)c1. The Morgan fingerprint density at radius 2 is 2.11 bits per heavy atom. The van der Waals surface area contributed by atoms with Gasteiger partial charge in [-0.3, -0.25) is 4.79 Å². The molecule has 1 aliphatic heterocycles. The molecule has 5 nitrogen and oxygen atoms in total. The number of sulfone groups is 1. The first-order valence-electron chi connectivity index (χ1n) is 5.45. The molecule has 1 aromatic carbocycles. The highest BCUT2D eigenvalue weighted by molar-refractivity contribution is 7.94. The maximum atomic E-state index is 11.9. The molecule has 1 atom stereocenters. The van der Waals surface area contributed by atoms with Crippen LogP contribution in [0, 0.1) is 6.92 Å². The van der Waals surface area contributed by atoms with Crippen molar-refractivity contribution in [2.45, 2.75) is 13.0 Å². The number of amides is 1. The Morgan fingerprint density at radius 1 is 1.39 bits per heavy atom. The summed E-state index contributed by atoms with van der Waals surface area (Å²) in [5.41, 5.74) is 7.49. The van der Waals surface area contributed by atoms with Crippen LogP contribution in [0.3, 0.4) is 0 Å². The number of carbonyl (C=O) groups is 1. The van der Waals surface area contributed by atoms with Gasteiger partial charge in [0, 0.05) is 16.7 Å². The molecular formula is C12H14N2O3S. The highest BCUT2D eigenvalue weighted by Crippen LogP contribution is 2.13. The van der Waals surface area contributed by atoms with Crippen LogP contribution in [0.1, 0.15) is 15.9 Å². The zero-order valence-corrected chi connectivity index (χ0v) is 10.7. The minimum atomic E-state index is -3.16. The van der Waals surface area contributed by atoms with Gasteiger partial charge in [-0.05, 0) is 36.8 Å². The van der Waals surface area contributed by atoms with Gasteiger partial charge in [-0.15, -0.1) is 0 Å². The molecule has 0 aliphatic carbocycles. The van der Waals surface area contributed by atoms with Crippen molar-refractivity contribution in [1.82, 2.24) is 5.32 Å². The number of nitrogens with one attached hydrogen (secondary N) is 1. The lowest BCUT2D eigenvalue weighted by Gasteiger charge is -2.10. The van der Waals surface area contributed by atoms with Crippen LogP contribution in [0.4, 0.5) is 5.69 Å². The summed E-state index contributed by atoms with van der Waals surface area (Å²) in [6, 6.07) is 4.56. The molecular weight excluding hydrogens is 252 g/mol. The van der Waals surface area contributed by atoms with Gasteiger partial charge in [-0.2, -0.15) is 0 Å². The van der Waals surface area contributed by atoms with E-state index in [-0.39, 0.29) is 11.7 Å². The van der Waals surface area contributed by atoms with Crippen molar-refractivity contribution in [2.75, 3.05) is 11.5 Å². The first kappa shape index (κ1) is 12.6. The van der Waals surface area contributed by atoms with Crippen molar-refractivity contribution >= 4 is 21.4 Å². The molecule has 0 saturated carbocycles. The van der Waals surface area contributed by atoms with E-state index in [1.807, 2.05) is 6.92 Å². The summed E-state index contributed by atoms with van der Waals surface area (Å²) in [5.74, 6) is -0.405. The largest absolute Gasteiger partial charge is 0.399 e. The first-order valence-corrected chi connectivity index (χ1v) is 7.16. The van der Waals surface area contributed by atoms with Crippen molar-refractivity contribution in [3.8, 4) is 0 Å². The van der Waals surface area contributed by atoms with E-state index in [2.05, 4.69) is 5.32 Å². The van der Waals surface area contributed by atoms with Gasteiger partial charge in [-0.25, -0.2) is 8.42 Å². The topological polar surface area (TPSA) is 89.3 Å². The molecule has 0 fully saturated rings. The van der Waals surface area contributed by atoms with Crippen LogP contribution in [0.15, 0.2) is 29.7 Å². The fourth-order valence-corrected chi connectivity index (χ4v) is 3.10. The zero-order valence-electron chi connectivity index (χ0n) is 9.88. The van der Waals surface area contributed by atoms with E-state index in [9.17, 15) is 13.2 Å². The summed E-state index contributed by atoms with van der Waals surface area (Å²) in [6.07, 6.45) is 1.48. The van der Waals surface area contributed by atoms with Gasteiger partial charge in [0.25, 0.3) is 5.91 Å². The second kappa shape index (κ2) is 4.45. The van der Waals surface area contributed by atoms with Crippen LogP contribution >= 0.6 is 0 Å². The maximum Gasteiger partial charge on any atom is 0.251 e. The summed E-state index contributed by atoms with van der Waals surface area (Å²) in [4.78, 5) is 11.9. The molecule has 0 radical (unpaired) electrons. The predicted molar refractivity (Wildman–Crippen MR) is 69.8 cm³/mol. The quantitative estimate of drug-likeness (QED) is 0.768. The number of hydrogen-bond acceptors (Lipinski definition) is 4. The fraction of sp³-hybridized carbons (Fsp3) is 0.250. The van der Waals surface area contributed by atoms with Gasteiger partial charge in [0.05, 0.1) is 11.8 Å². The van der Waals surface area contributed by atoms with E-state index in [0.29, 0.717) is 11.3 Å². The van der Waals surface area contributed by atoms with E-state index in [1.54, 1.807) is 18.2 Å². The average molecular weight is 266 g/mol. The third-order valence-electron chi connectivity index (χ3n) is 2.61. The molecule has 0 aromatic heterocycles. The Bertz CT molecular complexity index is 600. The van der Waals surface area contributed by atoms with Gasteiger partial charge in [-0.1, -0.05) is 0 Å². The molecule has 1 unspecified atom stereocenters. The predicted octanol–water partition coefficient (Wildman–Crippen LogP) is 0.618. The van der Waals surface area contributed by atoms with Gasteiger partial charge >= 0.3 is 0 Å². The Kier molecular flexibility index (Phi) is 3.13. The van der Waals surface area contributed by atoms with Crippen LogP contribution < -0.4 is 11.1 Å². The normalized spacial score (nSPS) is 20.8. The molecule has 1 heterocycles. The smallest absolute Gasteiger partial charge is 0.251 e. The molecule has 96 valence electrons. The molecule has 6 heteroatoms. The third kappa shape index (κ3) is 2.89. The third-order valence-corrected chi connectivity index (χ3v) is 4.00. The molecule has 1 aromatic rings. The lowest BCUT2D eigenvalue weighted by molar-refractivity contribution is 0.0947. The maximum absolute atomic E-state index is 11.9. The van der Waals surface area contributed by atoms with E-state index >= 15 is 0 Å². The second-order valence-corrected chi connectivity index (χ2v) is 6.30. The minimum absolute atomic E-state index is 0.0833. The van der Waals surface area contributed by atoms with Crippen LogP contribution in [-0.4, -0.2) is 26.1 Å². The highest BCUT2D eigenvalue weighted by Gasteiger charge is 2.23. The fourth-order valence-electron chi connectivity index (χ4n) is 1.86. The Balaban J connectivity index is 2.11. The van der Waals surface area contributed by atoms with Crippen molar-refractivity contribution < 1.29 is 13.2 Å². The van der Waals surface area contributed by atoms with Gasteiger partial charge in [0.2, 0.25) is 0 Å². The summed E-state index contributed by atoms with van der Waals surface area (Å²) >= 11 is 0. The number of aryl methyl sites for hydroxylation is 1.